The van der Waals surface area contributed by atoms with Crippen molar-refractivity contribution in [1.82, 2.24) is 0 Å². The molecule has 0 spiro atoms. The van der Waals surface area contributed by atoms with Gasteiger partial charge in [0.2, 0.25) is 0 Å². The topological polar surface area (TPSA) is 52.4 Å². The third-order valence-corrected chi connectivity index (χ3v) is 1.37. The number of nitrogens with zero attached hydrogens (tertiary/aromatic N) is 1. The van der Waals surface area contributed by atoms with Crippen molar-refractivity contribution in [2.45, 2.75) is 0 Å². The second kappa shape index (κ2) is 3.71. The van der Waals surface area contributed by atoms with E-state index >= 15 is 0 Å². The van der Waals surface area contributed by atoms with E-state index in [2.05, 4.69) is 0 Å². The van der Waals surface area contributed by atoms with E-state index in [-0.39, 0.29) is 0 Å². The largest absolute Gasteiger partial charge is 0.497 e. The van der Waals surface area contributed by atoms with Crippen molar-refractivity contribution in [1.29, 1.82) is 0 Å². The zero-order valence-electron chi connectivity index (χ0n) is 6.56. The van der Waals surface area contributed by atoms with Gasteiger partial charge in [-0.15, -0.1) is 0 Å². The van der Waals surface area contributed by atoms with Crippen LogP contribution >= 0.6 is 0 Å². The molecule has 1 rings (SSSR count). The molecule has 0 heterocycles. The van der Waals surface area contributed by atoms with E-state index in [4.69, 9.17) is 4.74 Å². The summed E-state index contributed by atoms with van der Waals surface area (Å²) < 4.78 is 4.89. The summed E-state index contributed by atoms with van der Waals surface area (Å²) in [6.07, 6.45) is 0. The van der Waals surface area contributed by atoms with Gasteiger partial charge in [-0.3, -0.25) is 10.1 Å². The quantitative estimate of drug-likeness (QED) is 0.504. The fourth-order valence-corrected chi connectivity index (χ4v) is 0.812. The maximum atomic E-state index is 10.0. The Morgan fingerprint density at radius 1 is 1.42 bits per heavy atom. The van der Waals surface area contributed by atoms with Crippen molar-refractivity contribution in [2.75, 3.05) is 7.11 Å². The van der Waals surface area contributed by atoms with Crippen LogP contribution in [0.25, 0.3) is 0 Å². The lowest BCUT2D eigenvalue weighted by Crippen LogP contribution is -1.94. The summed E-state index contributed by atoms with van der Waals surface area (Å²) in [5.74, 6) is 0.690. The predicted octanol–water partition coefficient (Wildman–Crippen LogP) is 1.48. The summed E-state index contributed by atoms with van der Waals surface area (Å²) in [4.78, 5) is 9.56. The van der Waals surface area contributed by atoms with Gasteiger partial charge >= 0.3 is 6.54 Å². The van der Waals surface area contributed by atoms with Crippen molar-refractivity contribution >= 4 is 0 Å². The molecular formula is C8H8NO3. The third-order valence-electron chi connectivity index (χ3n) is 1.37. The standard InChI is InChI=1S/C8H8NO3/c1-12-8-4-2-7(3-5-8)6-9(10)11/h2-6H,1H3. The van der Waals surface area contributed by atoms with Gasteiger partial charge in [-0.25, -0.2) is 0 Å². The van der Waals surface area contributed by atoms with Crippen molar-refractivity contribution in [3.05, 3.63) is 46.5 Å². The molecule has 12 heavy (non-hydrogen) atoms. The molecule has 0 atom stereocenters. The maximum Gasteiger partial charge on any atom is 0.308 e. The average Bonchev–Trinajstić information content (AvgIpc) is 2.05. The van der Waals surface area contributed by atoms with Gasteiger partial charge in [0, 0.05) is 10.5 Å². The molecule has 63 valence electrons. The molecule has 0 aromatic heterocycles. The molecule has 0 saturated carbocycles. The van der Waals surface area contributed by atoms with Gasteiger partial charge in [-0.05, 0) is 24.3 Å². The first-order valence-electron chi connectivity index (χ1n) is 3.35. The van der Waals surface area contributed by atoms with Crippen LogP contribution in [-0.2, 0) is 0 Å². The molecule has 0 aliphatic carbocycles. The van der Waals surface area contributed by atoms with Gasteiger partial charge in [0.1, 0.15) is 5.75 Å². The molecule has 1 aromatic rings. The Labute approximate surface area is 69.9 Å². The van der Waals surface area contributed by atoms with Crippen LogP contribution in [0.4, 0.5) is 0 Å². The molecule has 0 aliphatic heterocycles. The Bertz CT molecular complexity index is 268. The van der Waals surface area contributed by atoms with E-state index in [0.29, 0.717) is 11.3 Å². The Morgan fingerprint density at radius 3 is 2.42 bits per heavy atom. The van der Waals surface area contributed by atoms with Crippen molar-refractivity contribution in [2.24, 2.45) is 0 Å². The first-order valence-corrected chi connectivity index (χ1v) is 3.35. The SMILES string of the molecule is COc1ccc([CH][N+](=O)[O-])cc1. The van der Waals surface area contributed by atoms with Gasteiger partial charge in [0.15, 0.2) is 0 Å². The number of methoxy groups -OCH3 is 1. The minimum atomic E-state index is -0.484. The van der Waals surface area contributed by atoms with Crippen LogP contribution in [0.3, 0.4) is 0 Å². The molecule has 0 saturated heterocycles. The highest BCUT2D eigenvalue weighted by Crippen LogP contribution is 2.12. The molecule has 1 radical (unpaired) electrons. The van der Waals surface area contributed by atoms with Crippen molar-refractivity contribution in [3.8, 4) is 5.75 Å². The highest BCUT2D eigenvalue weighted by molar-refractivity contribution is 5.29. The monoisotopic (exact) mass is 166 g/mol. The predicted molar refractivity (Wildman–Crippen MR) is 43.4 cm³/mol. The molecule has 0 amide bonds. The molecule has 0 bridgehead atoms. The highest BCUT2D eigenvalue weighted by atomic mass is 16.6. The lowest BCUT2D eigenvalue weighted by Gasteiger charge is -1.98. The van der Waals surface area contributed by atoms with E-state index in [1.54, 1.807) is 31.4 Å². The molecule has 0 unspecified atom stereocenters. The van der Waals surface area contributed by atoms with Gasteiger partial charge in [0.25, 0.3) is 0 Å². The zero-order chi connectivity index (χ0) is 8.97. The molecule has 0 fully saturated rings. The summed E-state index contributed by atoms with van der Waals surface area (Å²) in [6, 6.07) is 6.61. The number of hydrogen-bond donors (Lipinski definition) is 0. The van der Waals surface area contributed by atoms with Crippen LogP contribution in [0, 0.1) is 16.7 Å². The van der Waals surface area contributed by atoms with E-state index < -0.39 is 4.92 Å². The van der Waals surface area contributed by atoms with Crippen LogP contribution in [0.2, 0.25) is 0 Å². The minimum absolute atomic E-state index is 0.484. The van der Waals surface area contributed by atoms with E-state index in [1.165, 1.54) is 0 Å². The lowest BCUT2D eigenvalue weighted by atomic mass is 10.2. The second-order valence-corrected chi connectivity index (χ2v) is 2.19. The maximum absolute atomic E-state index is 10.0. The number of hydrogen-bond acceptors (Lipinski definition) is 3. The Balaban J connectivity index is 2.71. The number of ether oxygens (including phenoxy) is 1. The minimum Gasteiger partial charge on any atom is -0.497 e. The van der Waals surface area contributed by atoms with Crippen LogP contribution < -0.4 is 4.74 Å². The number of nitro groups is 1. The number of benzene rings is 1. The fraction of sp³-hybridized carbons (Fsp3) is 0.125. The van der Waals surface area contributed by atoms with Gasteiger partial charge in [-0.2, -0.15) is 0 Å². The van der Waals surface area contributed by atoms with Gasteiger partial charge in [0.05, 0.1) is 7.11 Å². The Morgan fingerprint density at radius 2 is 2.00 bits per heavy atom. The van der Waals surface area contributed by atoms with Crippen LogP contribution in [0.1, 0.15) is 5.56 Å². The molecule has 1 aromatic carbocycles. The smallest absolute Gasteiger partial charge is 0.308 e. The summed E-state index contributed by atoms with van der Waals surface area (Å²) in [5, 5.41) is 10.0. The van der Waals surface area contributed by atoms with Gasteiger partial charge < -0.3 is 4.74 Å². The lowest BCUT2D eigenvalue weighted by molar-refractivity contribution is -0.429. The van der Waals surface area contributed by atoms with Crippen LogP contribution in [-0.4, -0.2) is 12.0 Å². The van der Waals surface area contributed by atoms with Crippen molar-refractivity contribution in [3.63, 3.8) is 0 Å². The summed E-state index contributed by atoms with van der Waals surface area (Å²) in [7, 11) is 1.55. The summed E-state index contributed by atoms with van der Waals surface area (Å²) >= 11 is 0. The summed E-state index contributed by atoms with van der Waals surface area (Å²) in [5.41, 5.74) is 0.556. The van der Waals surface area contributed by atoms with Gasteiger partial charge in [-0.1, -0.05) is 0 Å². The average molecular weight is 166 g/mol. The highest BCUT2D eigenvalue weighted by Gasteiger charge is 2.02. The van der Waals surface area contributed by atoms with E-state index in [1.807, 2.05) is 0 Å². The second-order valence-electron chi connectivity index (χ2n) is 2.19. The molecule has 0 N–H and O–H groups in total. The number of rotatable bonds is 3. The van der Waals surface area contributed by atoms with E-state index in [9.17, 15) is 10.1 Å². The first-order chi connectivity index (χ1) is 5.72. The molecule has 0 aliphatic rings. The summed E-state index contributed by atoms with van der Waals surface area (Å²) in [6.45, 7) is 0.944. The normalized spacial score (nSPS) is 9.42. The Hall–Kier alpha value is -1.58. The van der Waals surface area contributed by atoms with E-state index in [0.717, 1.165) is 6.54 Å². The van der Waals surface area contributed by atoms with Crippen LogP contribution in [0.5, 0.6) is 5.75 Å². The first kappa shape index (κ1) is 8.52. The third kappa shape index (κ3) is 2.23. The van der Waals surface area contributed by atoms with Crippen LogP contribution in [0.15, 0.2) is 24.3 Å². The Kier molecular flexibility index (Phi) is 2.63. The van der Waals surface area contributed by atoms with Crippen molar-refractivity contribution < 1.29 is 9.66 Å². The fourth-order valence-electron chi connectivity index (χ4n) is 0.812. The zero-order valence-corrected chi connectivity index (χ0v) is 6.56. The molecule has 4 nitrogen and oxygen atoms in total. The molecular weight excluding hydrogens is 158 g/mol. The molecule has 4 heteroatoms.